The molecule has 4 aromatic rings. The summed E-state index contributed by atoms with van der Waals surface area (Å²) in [5, 5.41) is 3.63. The van der Waals surface area contributed by atoms with Gasteiger partial charge < -0.3 is 11.1 Å². The van der Waals surface area contributed by atoms with Gasteiger partial charge in [-0.1, -0.05) is 17.7 Å². The summed E-state index contributed by atoms with van der Waals surface area (Å²) in [6.07, 6.45) is 7.70. The van der Waals surface area contributed by atoms with Crippen molar-refractivity contribution in [2.75, 3.05) is 5.32 Å². The molecule has 9 nitrogen and oxygen atoms in total. The molecular formula is C24H26FN7O2S. The van der Waals surface area contributed by atoms with Gasteiger partial charge in [-0.05, 0) is 51.7 Å². The van der Waals surface area contributed by atoms with E-state index in [0.29, 0.717) is 10.9 Å². The molecule has 1 saturated carbocycles. The van der Waals surface area contributed by atoms with Crippen LogP contribution in [0, 0.1) is 19.7 Å². The van der Waals surface area contributed by atoms with Crippen LogP contribution < -0.4 is 11.1 Å². The number of nitrogens with zero attached hydrogens (tertiary/aromatic N) is 5. The van der Waals surface area contributed by atoms with Gasteiger partial charge in [0.15, 0.2) is 23.1 Å². The van der Waals surface area contributed by atoms with Crippen LogP contribution in [0.5, 0.6) is 0 Å². The number of nitrogens with two attached hydrogens (primary N) is 1. The van der Waals surface area contributed by atoms with E-state index in [9.17, 15) is 12.8 Å². The first kappa shape index (κ1) is 23.3. The Balaban J connectivity index is 1.62. The Hall–Kier alpha value is -3.44. The highest BCUT2D eigenvalue weighted by molar-refractivity contribution is 7.90. The molecule has 3 aromatic heterocycles. The van der Waals surface area contributed by atoms with Crippen molar-refractivity contribution in [1.29, 1.82) is 0 Å². The maximum atomic E-state index is 15.0. The van der Waals surface area contributed by atoms with Crippen LogP contribution >= 0.6 is 0 Å². The summed E-state index contributed by atoms with van der Waals surface area (Å²) < 4.78 is 43.0. The molecule has 1 aliphatic rings. The number of halogens is 1. The van der Waals surface area contributed by atoms with Gasteiger partial charge in [0.1, 0.15) is 6.33 Å². The fraction of sp³-hybridized carbons (Fsp3) is 0.333. The SMILES string of the molecule is Cc1ccc(S(=O)(=O)n2cc(-c3nc(C)c(F)c(N[C@@H]4CCC[C@H](N)C4)n3)c3cncnc32)cc1. The van der Waals surface area contributed by atoms with E-state index in [0.717, 1.165) is 35.2 Å². The van der Waals surface area contributed by atoms with Crippen molar-refractivity contribution in [3.63, 3.8) is 0 Å². The minimum Gasteiger partial charge on any atom is -0.365 e. The quantitative estimate of drug-likeness (QED) is 0.430. The van der Waals surface area contributed by atoms with Crippen molar-refractivity contribution in [3.8, 4) is 11.4 Å². The molecule has 1 fully saturated rings. The van der Waals surface area contributed by atoms with E-state index in [-0.39, 0.29) is 40.0 Å². The summed E-state index contributed by atoms with van der Waals surface area (Å²) in [6, 6.07) is 6.63. The number of hydrogen-bond donors (Lipinski definition) is 2. The standard InChI is InChI=1S/C24H26FN7O2S/c1-14-6-8-18(9-7-14)35(33,34)32-12-20(19-11-27-13-28-24(19)32)22-29-15(2)21(25)23(31-22)30-17-5-3-4-16(26)10-17/h6-9,11-13,16-17H,3-5,10,26H2,1-2H3,(H,29,30,31)/t16-,17+/m0/s1. The molecule has 5 rings (SSSR count). The van der Waals surface area contributed by atoms with Crippen LogP contribution in [0.25, 0.3) is 22.4 Å². The van der Waals surface area contributed by atoms with Crippen LogP contribution in [0.2, 0.25) is 0 Å². The second-order valence-electron chi connectivity index (χ2n) is 8.98. The highest BCUT2D eigenvalue weighted by Gasteiger charge is 2.26. The Morgan fingerprint density at radius 2 is 1.91 bits per heavy atom. The topological polar surface area (TPSA) is 129 Å². The molecule has 0 amide bonds. The second kappa shape index (κ2) is 8.97. The average Bonchev–Trinajstić information content (AvgIpc) is 3.23. The first-order chi connectivity index (χ1) is 16.7. The van der Waals surface area contributed by atoms with Gasteiger partial charge in [0.2, 0.25) is 0 Å². The number of nitrogens with one attached hydrogen (secondary N) is 1. The molecule has 182 valence electrons. The molecule has 0 aliphatic heterocycles. The van der Waals surface area contributed by atoms with Crippen molar-refractivity contribution >= 4 is 26.9 Å². The zero-order chi connectivity index (χ0) is 24.7. The Morgan fingerprint density at radius 3 is 2.66 bits per heavy atom. The van der Waals surface area contributed by atoms with Crippen molar-refractivity contribution in [2.45, 2.75) is 56.5 Å². The van der Waals surface area contributed by atoms with Gasteiger partial charge >= 0.3 is 0 Å². The van der Waals surface area contributed by atoms with E-state index in [1.165, 1.54) is 18.7 Å². The lowest BCUT2D eigenvalue weighted by molar-refractivity contribution is 0.407. The Bertz CT molecular complexity index is 1500. The van der Waals surface area contributed by atoms with Crippen molar-refractivity contribution < 1.29 is 12.8 Å². The minimum atomic E-state index is -3.96. The van der Waals surface area contributed by atoms with Gasteiger partial charge in [0.05, 0.1) is 10.6 Å². The van der Waals surface area contributed by atoms with Gasteiger partial charge in [-0.25, -0.2) is 36.7 Å². The zero-order valence-electron chi connectivity index (χ0n) is 19.4. The molecule has 0 saturated heterocycles. The van der Waals surface area contributed by atoms with E-state index in [1.807, 2.05) is 6.92 Å². The number of hydrogen-bond acceptors (Lipinski definition) is 8. The monoisotopic (exact) mass is 495 g/mol. The summed E-state index contributed by atoms with van der Waals surface area (Å²) in [6.45, 7) is 3.44. The van der Waals surface area contributed by atoms with E-state index in [4.69, 9.17) is 5.73 Å². The molecule has 3 heterocycles. The maximum Gasteiger partial charge on any atom is 0.269 e. The summed E-state index contributed by atoms with van der Waals surface area (Å²) in [5.74, 6) is -0.282. The third-order valence-electron chi connectivity index (χ3n) is 6.33. The number of anilines is 1. The third-order valence-corrected chi connectivity index (χ3v) is 7.99. The second-order valence-corrected chi connectivity index (χ2v) is 10.8. The molecule has 1 aromatic carbocycles. The minimum absolute atomic E-state index is 0.00184. The van der Waals surface area contributed by atoms with Crippen molar-refractivity contribution in [3.05, 3.63) is 60.1 Å². The van der Waals surface area contributed by atoms with Crippen LogP contribution in [0.4, 0.5) is 10.2 Å². The zero-order valence-corrected chi connectivity index (χ0v) is 20.3. The van der Waals surface area contributed by atoms with Gasteiger partial charge in [-0.3, -0.25) is 0 Å². The molecule has 0 radical (unpaired) electrons. The van der Waals surface area contributed by atoms with Gasteiger partial charge in [0, 0.05) is 35.4 Å². The molecule has 1 aliphatic carbocycles. The third kappa shape index (κ3) is 4.37. The predicted octanol–water partition coefficient (Wildman–Crippen LogP) is 3.56. The summed E-state index contributed by atoms with van der Waals surface area (Å²) in [5.41, 5.74) is 7.76. The molecular weight excluding hydrogens is 469 g/mol. The lowest BCUT2D eigenvalue weighted by Gasteiger charge is -2.28. The molecule has 0 spiro atoms. The van der Waals surface area contributed by atoms with Crippen LogP contribution in [0.15, 0.2) is 47.9 Å². The largest absolute Gasteiger partial charge is 0.365 e. The molecule has 3 N–H and O–H groups in total. The van der Waals surface area contributed by atoms with Crippen LogP contribution in [-0.4, -0.2) is 44.4 Å². The van der Waals surface area contributed by atoms with Crippen molar-refractivity contribution in [1.82, 2.24) is 23.9 Å². The number of fused-ring (bicyclic) bond motifs is 1. The van der Waals surface area contributed by atoms with E-state index < -0.39 is 15.8 Å². The molecule has 2 atom stereocenters. The molecule has 35 heavy (non-hydrogen) atoms. The van der Waals surface area contributed by atoms with Crippen LogP contribution in [-0.2, 0) is 10.0 Å². The fourth-order valence-corrected chi connectivity index (χ4v) is 5.77. The Kier molecular flexibility index (Phi) is 5.97. The summed E-state index contributed by atoms with van der Waals surface area (Å²) in [7, 11) is -3.96. The highest BCUT2D eigenvalue weighted by Crippen LogP contribution is 2.32. The number of aryl methyl sites for hydroxylation is 2. The highest BCUT2D eigenvalue weighted by atomic mass is 32.2. The summed E-state index contributed by atoms with van der Waals surface area (Å²) in [4.78, 5) is 17.2. The average molecular weight is 496 g/mol. The van der Waals surface area contributed by atoms with E-state index in [2.05, 4.69) is 25.3 Å². The van der Waals surface area contributed by atoms with E-state index >= 15 is 0 Å². The number of aromatic nitrogens is 5. The molecule has 0 bridgehead atoms. The summed E-state index contributed by atoms with van der Waals surface area (Å²) >= 11 is 0. The predicted molar refractivity (Wildman–Crippen MR) is 131 cm³/mol. The Labute approximate surface area is 202 Å². The van der Waals surface area contributed by atoms with E-state index in [1.54, 1.807) is 31.2 Å². The first-order valence-corrected chi connectivity index (χ1v) is 12.9. The van der Waals surface area contributed by atoms with Crippen LogP contribution in [0.3, 0.4) is 0 Å². The van der Waals surface area contributed by atoms with Gasteiger partial charge in [-0.2, -0.15) is 0 Å². The molecule has 11 heteroatoms. The lowest BCUT2D eigenvalue weighted by atomic mass is 9.91. The van der Waals surface area contributed by atoms with Gasteiger partial charge in [0.25, 0.3) is 10.0 Å². The first-order valence-electron chi connectivity index (χ1n) is 11.4. The maximum absolute atomic E-state index is 15.0. The smallest absolute Gasteiger partial charge is 0.269 e. The van der Waals surface area contributed by atoms with Gasteiger partial charge in [-0.15, -0.1) is 0 Å². The van der Waals surface area contributed by atoms with Crippen molar-refractivity contribution in [2.24, 2.45) is 5.73 Å². The molecule has 0 unspecified atom stereocenters. The lowest BCUT2D eigenvalue weighted by Crippen LogP contribution is -2.35. The fourth-order valence-electron chi connectivity index (χ4n) is 4.45. The number of rotatable bonds is 5. The number of benzene rings is 1. The Morgan fingerprint density at radius 1 is 1.14 bits per heavy atom. The normalized spacial score (nSPS) is 18.6. The van der Waals surface area contributed by atoms with Crippen LogP contribution in [0.1, 0.15) is 36.9 Å².